The molecule has 0 aromatic rings. The molecule has 4 atom stereocenters. The summed E-state index contributed by atoms with van der Waals surface area (Å²) < 4.78 is 0. The summed E-state index contributed by atoms with van der Waals surface area (Å²) in [6, 6.07) is -4.28. The first-order chi connectivity index (χ1) is 17.1. The molecule has 0 aromatic carbocycles. The van der Waals surface area contributed by atoms with Crippen LogP contribution in [0.3, 0.4) is 0 Å². The van der Waals surface area contributed by atoms with Crippen LogP contribution in [-0.2, 0) is 24.0 Å². The average molecular weight is 529 g/mol. The normalized spacial score (nSPS) is 14.2. The zero-order valence-electron chi connectivity index (χ0n) is 22.2. The van der Waals surface area contributed by atoms with Gasteiger partial charge >= 0.3 is 5.97 Å². The third kappa shape index (κ3) is 15.3. The summed E-state index contributed by atoms with van der Waals surface area (Å²) in [5, 5.41) is 17.2. The molecule has 0 saturated carbocycles. The van der Waals surface area contributed by atoms with Crippen molar-refractivity contribution in [2.45, 2.75) is 90.4 Å². The van der Waals surface area contributed by atoms with Gasteiger partial charge in [0, 0.05) is 13.0 Å². The number of nitrogens with one attached hydrogen (secondary N) is 3. The van der Waals surface area contributed by atoms with Gasteiger partial charge in [0.2, 0.25) is 23.6 Å². The van der Waals surface area contributed by atoms with Gasteiger partial charge in [-0.3, -0.25) is 24.2 Å². The molecule has 4 amide bonds. The van der Waals surface area contributed by atoms with Crippen LogP contribution >= 0.6 is 0 Å². The van der Waals surface area contributed by atoms with E-state index in [4.69, 9.17) is 22.9 Å². The molecule has 4 unspecified atom stereocenters. The number of primary amides is 1. The van der Waals surface area contributed by atoms with Gasteiger partial charge in [-0.2, -0.15) is 0 Å². The fourth-order valence-electron chi connectivity index (χ4n) is 3.42. The number of amides is 4. The minimum Gasteiger partial charge on any atom is -0.480 e. The summed E-state index contributed by atoms with van der Waals surface area (Å²) >= 11 is 0. The Labute approximate surface area is 217 Å². The van der Waals surface area contributed by atoms with Gasteiger partial charge in [-0.05, 0) is 43.9 Å². The molecule has 212 valence electrons. The number of nitrogens with zero attached hydrogens (tertiary/aromatic N) is 1. The monoisotopic (exact) mass is 528 g/mol. The zero-order valence-corrected chi connectivity index (χ0v) is 22.2. The number of guanidine groups is 1. The fourth-order valence-corrected chi connectivity index (χ4v) is 3.42. The standard InChI is InChI=1S/C23H44N8O6/c1-12(2)10-16(30-19(33)14(24)7-8-18(25)32)21(35)31-17(11-13(3)4)20(34)29-15(22(36)37)6-5-9-28-23(26)27/h12-17H,5-11,24H2,1-4H3,(H2,25,32)(H,29,34)(H,30,33)(H,31,35)(H,36,37)(H4,26,27,28). The predicted octanol–water partition coefficient (Wildman–Crippen LogP) is -1.74. The zero-order chi connectivity index (χ0) is 28.7. The minimum absolute atomic E-state index is 0.0110. The Morgan fingerprint density at radius 1 is 0.757 bits per heavy atom. The van der Waals surface area contributed by atoms with Crippen molar-refractivity contribution in [3.8, 4) is 0 Å². The van der Waals surface area contributed by atoms with Crippen LogP contribution in [0.1, 0.15) is 66.2 Å². The van der Waals surface area contributed by atoms with E-state index in [0.29, 0.717) is 6.42 Å². The fraction of sp³-hybridized carbons (Fsp3) is 0.739. The molecule has 14 nitrogen and oxygen atoms in total. The Morgan fingerprint density at radius 3 is 1.62 bits per heavy atom. The summed E-state index contributed by atoms with van der Waals surface area (Å²) in [7, 11) is 0. The van der Waals surface area contributed by atoms with Crippen LogP contribution < -0.4 is 38.9 Å². The quantitative estimate of drug-likeness (QED) is 0.0569. The van der Waals surface area contributed by atoms with Gasteiger partial charge in [-0.25, -0.2) is 4.79 Å². The van der Waals surface area contributed by atoms with Gasteiger partial charge in [-0.15, -0.1) is 0 Å². The van der Waals surface area contributed by atoms with Crippen LogP contribution in [0.5, 0.6) is 0 Å². The van der Waals surface area contributed by atoms with Gasteiger partial charge in [0.05, 0.1) is 6.04 Å². The molecule has 0 rings (SSSR count). The Hall–Kier alpha value is -3.42. The lowest BCUT2D eigenvalue weighted by atomic mass is 9.99. The van der Waals surface area contributed by atoms with E-state index in [-0.39, 0.29) is 56.4 Å². The lowest BCUT2D eigenvalue weighted by Gasteiger charge is -2.26. The molecular formula is C23H44N8O6. The molecule has 12 N–H and O–H groups in total. The van der Waals surface area contributed by atoms with Crippen LogP contribution in [0.4, 0.5) is 0 Å². The van der Waals surface area contributed by atoms with Crippen LogP contribution in [0.2, 0.25) is 0 Å². The molecule has 0 aliphatic heterocycles. The van der Waals surface area contributed by atoms with Crippen molar-refractivity contribution >= 4 is 35.6 Å². The van der Waals surface area contributed by atoms with Crippen molar-refractivity contribution in [2.75, 3.05) is 6.54 Å². The highest BCUT2D eigenvalue weighted by molar-refractivity contribution is 5.94. The second-order valence-corrected chi connectivity index (χ2v) is 9.84. The summed E-state index contributed by atoms with van der Waals surface area (Å²) in [5.41, 5.74) is 21.4. The number of hydrogen-bond acceptors (Lipinski definition) is 7. The van der Waals surface area contributed by atoms with Gasteiger partial charge in [-0.1, -0.05) is 27.7 Å². The van der Waals surface area contributed by atoms with Crippen molar-refractivity contribution in [2.24, 2.45) is 39.8 Å². The van der Waals surface area contributed by atoms with Gasteiger partial charge < -0.3 is 44.0 Å². The molecule has 14 heteroatoms. The maximum absolute atomic E-state index is 13.1. The van der Waals surface area contributed by atoms with Crippen molar-refractivity contribution in [1.29, 1.82) is 0 Å². The van der Waals surface area contributed by atoms with E-state index in [1.54, 1.807) is 0 Å². The lowest BCUT2D eigenvalue weighted by Crippen LogP contribution is -2.57. The number of aliphatic imine (C=N–C) groups is 1. The number of hydrogen-bond donors (Lipinski definition) is 8. The van der Waals surface area contributed by atoms with Crippen molar-refractivity contribution in [3.05, 3.63) is 0 Å². The second-order valence-electron chi connectivity index (χ2n) is 9.84. The van der Waals surface area contributed by atoms with Crippen LogP contribution in [0.15, 0.2) is 4.99 Å². The molecular weight excluding hydrogens is 484 g/mol. The van der Waals surface area contributed by atoms with E-state index in [9.17, 15) is 29.1 Å². The van der Waals surface area contributed by atoms with Crippen LogP contribution in [-0.4, -0.2) is 71.4 Å². The summed E-state index contributed by atoms with van der Waals surface area (Å²) in [4.78, 5) is 65.0. The molecule has 0 bridgehead atoms. The highest BCUT2D eigenvalue weighted by atomic mass is 16.4. The molecule has 0 saturated heterocycles. The molecule has 0 aliphatic rings. The Balaban J connectivity index is 5.46. The molecule has 0 spiro atoms. The highest BCUT2D eigenvalue weighted by Crippen LogP contribution is 2.10. The van der Waals surface area contributed by atoms with Gasteiger partial charge in [0.15, 0.2) is 5.96 Å². The van der Waals surface area contributed by atoms with Gasteiger partial charge in [0.25, 0.3) is 0 Å². The Bertz CT molecular complexity index is 813. The number of carbonyl (C=O) groups is 5. The first kappa shape index (κ1) is 33.6. The smallest absolute Gasteiger partial charge is 0.326 e. The Kier molecular flexibility index (Phi) is 15.5. The lowest BCUT2D eigenvalue weighted by molar-refractivity contribution is -0.142. The molecule has 0 heterocycles. The van der Waals surface area contributed by atoms with E-state index >= 15 is 0 Å². The van der Waals surface area contributed by atoms with E-state index in [1.807, 2.05) is 27.7 Å². The van der Waals surface area contributed by atoms with Gasteiger partial charge in [0.1, 0.15) is 18.1 Å². The van der Waals surface area contributed by atoms with E-state index < -0.39 is 53.8 Å². The van der Waals surface area contributed by atoms with Crippen LogP contribution in [0, 0.1) is 11.8 Å². The average Bonchev–Trinajstić information content (AvgIpc) is 2.77. The van der Waals surface area contributed by atoms with Crippen molar-refractivity contribution in [3.63, 3.8) is 0 Å². The third-order valence-corrected chi connectivity index (χ3v) is 5.28. The van der Waals surface area contributed by atoms with E-state index in [0.717, 1.165) is 0 Å². The maximum Gasteiger partial charge on any atom is 0.326 e. The van der Waals surface area contributed by atoms with E-state index in [1.165, 1.54) is 0 Å². The van der Waals surface area contributed by atoms with Crippen molar-refractivity contribution in [1.82, 2.24) is 16.0 Å². The molecule has 37 heavy (non-hydrogen) atoms. The first-order valence-electron chi connectivity index (χ1n) is 12.4. The highest BCUT2D eigenvalue weighted by Gasteiger charge is 2.31. The summed E-state index contributed by atoms with van der Waals surface area (Å²) in [6.07, 6.45) is 0.833. The number of aliphatic carboxylic acids is 1. The third-order valence-electron chi connectivity index (χ3n) is 5.28. The molecule has 0 aliphatic carbocycles. The Morgan fingerprint density at radius 2 is 1.22 bits per heavy atom. The SMILES string of the molecule is CC(C)CC(NC(=O)C(N)CCC(N)=O)C(=O)NC(CC(C)C)C(=O)NC(CCCN=C(N)N)C(=O)O. The molecule has 0 aromatic heterocycles. The largest absolute Gasteiger partial charge is 0.480 e. The molecule has 0 radical (unpaired) electrons. The maximum atomic E-state index is 13.1. The number of nitrogens with two attached hydrogens (primary N) is 4. The molecule has 0 fully saturated rings. The predicted molar refractivity (Wildman–Crippen MR) is 139 cm³/mol. The summed E-state index contributed by atoms with van der Waals surface area (Å²) in [6.45, 7) is 7.62. The first-order valence-corrected chi connectivity index (χ1v) is 12.4. The van der Waals surface area contributed by atoms with Crippen molar-refractivity contribution < 1.29 is 29.1 Å². The van der Waals surface area contributed by atoms with E-state index in [2.05, 4.69) is 20.9 Å². The topological polar surface area (TPSA) is 258 Å². The summed E-state index contributed by atoms with van der Waals surface area (Å²) in [5.74, 6) is -3.85. The number of carbonyl (C=O) groups excluding carboxylic acids is 4. The number of carboxylic acids is 1. The number of carboxylic acid groups (broad SMARTS) is 1. The number of rotatable bonds is 18. The second kappa shape index (κ2) is 17.1. The minimum atomic E-state index is -1.23. The van der Waals surface area contributed by atoms with Crippen LogP contribution in [0.25, 0.3) is 0 Å².